The maximum absolute atomic E-state index is 11.2. The minimum atomic E-state index is -0.853. The fourth-order valence-electron chi connectivity index (χ4n) is 2.25. The van der Waals surface area contributed by atoms with Crippen LogP contribution in [0.2, 0.25) is 0 Å². The number of ether oxygens (including phenoxy) is 1. The second-order valence-electron chi connectivity index (χ2n) is 5.06. The van der Waals surface area contributed by atoms with Crippen molar-refractivity contribution in [2.75, 3.05) is 40.4 Å². The minimum absolute atomic E-state index is 0.554. The van der Waals surface area contributed by atoms with Crippen molar-refractivity contribution < 1.29 is 14.6 Å². The predicted molar refractivity (Wildman–Crippen MR) is 66.1 cm³/mol. The quantitative estimate of drug-likeness (QED) is 0.708. The second-order valence-corrected chi connectivity index (χ2v) is 5.06. The molecule has 0 amide bonds. The standard InChI is InChI=1S/C12H24N2O3/c1-12(13-2,11(15)16)9-14-6-4-10(5-7-14)8-17-3/h10,13H,4-9H2,1-3H3,(H,15,16). The van der Waals surface area contributed by atoms with E-state index < -0.39 is 11.5 Å². The Labute approximate surface area is 103 Å². The molecular formula is C12H24N2O3. The molecule has 1 rings (SSSR count). The number of methoxy groups -OCH3 is 1. The highest BCUT2D eigenvalue weighted by Crippen LogP contribution is 2.19. The Kier molecular flexibility index (Phi) is 5.36. The summed E-state index contributed by atoms with van der Waals surface area (Å²) >= 11 is 0. The molecule has 5 heteroatoms. The van der Waals surface area contributed by atoms with Crippen LogP contribution >= 0.6 is 0 Å². The molecule has 0 saturated carbocycles. The van der Waals surface area contributed by atoms with Gasteiger partial charge in [-0.05, 0) is 45.8 Å². The number of nitrogens with one attached hydrogen (secondary N) is 1. The van der Waals surface area contributed by atoms with E-state index in [-0.39, 0.29) is 0 Å². The van der Waals surface area contributed by atoms with Gasteiger partial charge in [-0.1, -0.05) is 0 Å². The van der Waals surface area contributed by atoms with Crippen LogP contribution in [0.1, 0.15) is 19.8 Å². The summed E-state index contributed by atoms with van der Waals surface area (Å²) in [7, 11) is 3.43. The van der Waals surface area contributed by atoms with Gasteiger partial charge in [0.05, 0.1) is 0 Å². The number of likely N-dealkylation sites (tertiary alicyclic amines) is 1. The van der Waals surface area contributed by atoms with Gasteiger partial charge in [0, 0.05) is 20.3 Å². The van der Waals surface area contributed by atoms with Crippen molar-refractivity contribution in [1.29, 1.82) is 0 Å². The summed E-state index contributed by atoms with van der Waals surface area (Å²) in [5.74, 6) is -0.166. The summed E-state index contributed by atoms with van der Waals surface area (Å²) in [6.07, 6.45) is 2.18. The van der Waals surface area contributed by atoms with Crippen LogP contribution in [0.5, 0.6) is 0 Å². The molecule has 1 unspecified atom stereocenters. The van der Waals surface area contributed by atoms with Gasteiger partial charge in [-0.3, -0.25) is 4.79 Å². The van der Waals surface area contributed by atoms with E-state index in [9.17, 15) is 9.90 Å². The monoisotopic (exact) mass is 244 g/mol. The topological polar surface area (TPSA) is 61.8 Å². The second kappa shape index (κ2) is 6.33. The Morgan fingerprint density at radius 2 is 2.12 bits per heavy atom. The molecule has 1 aliphatic heterocycles. The predicted octanol–water partition coefficient (Wildman–Crippen LogP) is 0.408. The van der Waals surface area contributed by atoms with E-state index in [0.717, 1.165) is 32.5 Å². The van der Waals surface area contributed by atoms with Gasteiger partial charge in [-0.25, -0.2) is 0 Å². The molecule has 5 nitrogen and oxygen atoms in total. The summed E-state index contributed by atoms with van der Waals surface area (Å²) in [5.41, 5.74) is -0.853. The van der Waals surface area contributed by atoms with Gasteiger partial charge in [-0.15, -0.1) is 0 Å². The summed E-state index contributed by atoms with van der Waals surface area (Å²) in [6, 6.07) is 0. The molecule has 0 radical (unpaired) electrons. The molecule has 0 aliphatic carbocycles. The summed E-state index contributed by atoms with van der Waals surface area (Å²) < 4.78 is 5.15. The zero-order valence-electron chi connectivity index (χ0n) is 11.0. The van der Waals surface area contributed by atoms with Crippen molar-refractivity contribution in [1.82, 2.24) is 10.2 Å². The van der Waals surface area contributed by atoms with E-state index in [1.165, 1.54) is 0 Å². The van der Waals surface area contributed by atoms with Gasteiger partial charge in [0.1, 0.15) is 5.54 Å². The third kappa shape index (κ3) is 3.94. The normalized spacial score (nSPS) is 22.3. The first kappa shape index (κ1) is 14.4. The molecule has 1 atom stereocenters. The Bertz CT molecular complexity index is 252. The lowest BCUT2D eigenvalue weighted by Crippen LogP contribution is -2.56. The molecule has 0 bridgehead atoms. The van der Waals surface area contributed by atoms with Crippen LogP contribution in [-0.2, 0) is 9.53 Å². The number of carboxylic acids is 1. The lowest BCUT2D eigenvalue weighted by molar-refractivity contribution is -0.145. The molecule has 17 heavy (non-hydrogen) atoms. The highest BCUT2D eigenvalue weighted by Gasteiger charge is 2.34. The van der Waals surface area contributed by atoms with E-state index in [2.05, 4.69) is 10.2 Å². The van der Waals surface area contributed by atoms with Crippen molar-refractivity contribution in [3.63, 3.8) is 0 Å². The highest BCUT2D eigenvalue weighted by molar-refractivity contribution is 5.78. The Hall–Kier alpha value is -0.650. The molecule has 1 saturated heterocycles. The van der Waals surface area contributed by atoms with Gasteiger partial charge in [0.15, 0.2) is 0 Å². The number of likely N-dealkylation sites (N-methyl/N-ethyl adjacent to an activating group) is 1. The molecule has 100 valence electrons. The highest BCUT2D eigenvalue weighted by atomic mass is 16.5. The number of carbonyl (C=O) groups is 1. The summed E-state index contributed by atoms with van der Waals surface area (Å²) in [5, 5.41) is 12.1. The maximum Gasteiger partial charge on any atom is 0.324 e. The van der Waals surface area contributed by atoms with Crippen molar-refractivity contribution >= 4 is 5.97 Å². The number of nitrogens with zero attached hydrogens (tertiary/aromatic N) is 1. The third-order valence-electron chi connectivity index (χ3n) is 3.67. The molecular weight excluding hydrogens is 220 g/mol. The minimum Gasteiger partial charge on any atom is -0.480 e. The first-order valence-electron chi connectivity index (χ1n) is 6.15. The molecule has 0 spiro atoms. The zero-order valence-corrected chi connectivity index (χ0v) is 11.0. The smallest absolute Gasteiger partial charge is 0.324 e. The van der Waals surface area contributed by atoms with Crippen LogP contribution in [0.15, 0.2) is 0 Å². The number of rotatable bonds is 6. The molecule has 1 aliphatic rings. The third-order valence-corrected chi connectivity index (χ3v) is 3.67. The largest absolute Gasteiger partial charge is 0.480 e. The molecule has 1 fully saturated rings. The fourth-order valence-corrected chi connectivity index (χ4v) is 2.25. The lowest BCUT2D eigenvalue weighted by Gasteiger charge is -2.36. The fraction of sp³-hybridized carbons (Fsp3) is 0.917. The van der Waals surface area contributed by atoms with E-state index in [1.807, 2.05) is 0 Å². The van der Waals surface area contributed by atoms with Crippen LogP contribution in [0.4, 0.5) is 0 Å². The maximum atomic E-state index is 11.2. The van der Waals surface area contributed by atoms with Crippen LogP contribution < -0.4 is 5.32 Å². The zero-order chi connectivity index (χ0) is 12.9. The van der Waals surface area contributed by atoms with E-state index in [1.54, 1.807) is 21.1 Å². The van der Waals surface area contributed by atoms with Crippen LogP contribution in [0, 0.1) is 5.92 Å². The first-order chi connectivity index (χ1) is 8.01. The van der Waals surface area contributed by atoms with Crippen molar-refractivity contribution in [3.05, 3.63) is 0 Å². The van der Waals surface area contributed by atoms with Gasteiger partial charge in [0.2, 0.25) is 0 Å². The lowest BCUT2D eigenvalue weighted by atomic mass is 9.95. The van der Waals surface area contributed by atoms with Crippen LogP contribution in [-0.4, -0.2) is 61.9 Å². The van der Waals surface area contributed by atoms with Crippen molar-refractivity contribution in [2.24, 2.45) is 5.92 Å². The van der Waals surface area contributed by atoms with Gasteiger partial charge in [-0.2, -0.15) is 0 Å². The molecule has 0 aromatic rings. The van der Waals surface area contributed by atoms with Crippen LogP contribution in [0.3, 0.4) is 0 Å². The van der Waals surface area contributed by atoms with E-state index in [0.29, 0.717) is 12.5 Å². The van der Waals surface area contributed by atoms with E-state index >= 15 is 0 Å². The number of hydrogen-bond acceptors (Lipinski definition) is 4. The Morgan fingerprint density at radius 3 is 2.53 bits per heavy atom. The number of carboxylic acid groups (broad SMARTS) is 1. The molecule has 0 aromatic heterocycles. The number of aliphatic carboxylic acids is 1. The summed E-state index contributed by atoms with van der Waals surface area (Å²) in [6.45, 7) is 5.02. The Balaban J connectivity index is 2.42. The number of hydrogen-bond donors (Lipinski definition) is 2. The molecule has 0 aromatic carbocycles. The molecule has 1 heterocycles. The number of piperidine rings is 1. The first-order valence-corrected chi connectivity index (χ1v) is 6.15. The van der Waals surface area contributed by atoms with E-state index in [4.69, 9.17) is 4.74 Å². The van der Waals surface area contributed by atoms with Crippen molar-refractivity contribution in [2.45, 2.75) is 25.3 Å². The SMILES string of the molecule is CNC(C)(CN1CCC(COC)CC1)C(=O)O. The van der Waals surface area contributed by atoms with Crippen LogP contribution in [0.25, 0.3) is 0 Å². The summed E-state index contributed by atoms with van der Waals surface area (Å²) in [4.78, 5) is 13.4. The Morgan fingerprint density at radius 1 is 1.53 bits per heavy atom. The van der Waals surface area contributed by atoms with Gasteiger partial charge in [0.25, 0.3) is 0 Å². The molecule has 2 N–H and O–H groups in total. The average molecular weight is 244 g/mol. The van der Waals surface area contributed by atoms with Gasteiger partial charge < -0.3 is 20.1 Å². The average Bonchev–Trinajstić information content (AvgIpc) is 2.31. The van der Waals surface area contributed by atoms with Gasteiger partial charge >= 0.3 is 5.97 Å². The van der Waals surface area contributed by atoms with Crippen molar-refractivity contribution in [3.8, 4) is 0 Å².